The van der Waals surface area contributed by atoms with E-state index < -0.39 is 42.4 Å². The number of nitrogen functional groups attached to an aromatic ring is 3. The van der Waals surface area contributed by atoms with Gasteiger partial charge in [-0.2, -0.15) is 0 Å². The highest BCUT2D eigenvalue weighted by atomic mass is 35.5. The minimum Gasteiger partial charge on any atom is -0.508 e. The van der Waals surface area contributed by atoms with Crippen LogP contribution in [0.4, 0.5) is 73.9 Å². The highest BCUT2D eigenvalue weighted by molar-refractivity contribution is 6.33. The minimum atomic E-state index is -0.775. The summed E-state index contributed by atoms with van der Waals surface area (Å²) in [6.07, 6.45) is 0. The van der Waals surface area contributed by atoms with Crippen molar-refractivity contribution in [2.45, 2.75) is 7.43 Å². The second-order valence-electron chi connectivity index (χ2n) is 11.5. The summed E-state index contributed by atoms with van der Waals surface area (Å²) in [5.41, 5.74) is 18.1. The van der Waals surface area contributed by atoms with Gasteiger partial charge in [0.05, 0.1) is 31.8 Å². The van der Waals surface area contributed by atoms with Crippen molar-refractivity contribution in [1.29, 1.82) is 0 Å². The third kappa shape index (κ3) is 12.3. The van der Waals surface area contributed by atoms with Crippen LogP contribution in [-0.4, -0.2) is 29.9 Å². The Balaban J connectivity index is 0.000000263. The monoisotopic (exact) mass is 814 g/mol. The molecule has 0 aliphatic heterocycles. The molecule has 0 aliphatic carbocycles. The third-order valence-corrected chi connectivity index (χ3v) is 7.69. The van der Waals surface area contributed by atoms with Crippen LogP contribution in [0, 0.1) is 40.5 Å². The van der Waals surface area contributed by atoms with E-state index in [1.165, 1.54) is 30.3 Å². The van der Waals surface area contributed by atoms with Gasteiger partial charge in [0.25, 0.3) is 22.7 Å². The number of benzene rings is 6. The summed E-state index contributed by atoms with van der Waals surface area (Å²) >= 11 is 5.77. The van der Waals surface area contributed by atoms with Crippen LogP contribution in [0.1, 0.15) is 7.43 Å². The Hall–Kier alpha value is -8.39. The first-order chi connectivity index (χ1) is 27.0. The fraction of sp³-hybridized carbons (Fsp3) is 0.0270. The molecule has 6 aromatic carbocycles. The van der Waals surface area contributed by atoms with Crippen molar-refractivity contribution in [2.75, 3.05) is 33.2 Å². The van der Waals surface area contributed by atoms with Crippen LogP contribution in [0.3, 0.4) is 0 Å². The van der Waals surface area contributed by atoms with E-state index in [0.29, 0.717) is 34.1 Å². The van der Waals surface area contributed by atoms with Crippen molar-refractivity contribution in [2.24, 2.45) is 0 Å². The topological polar surface area (TPSA) is 327 Å². The summed E-state index contributed by atoms with van der Waals surface area (Å²) in [7, 11) is 0. The number of rotatable bonds is 10. The molecule has 0 saturated carbocycles. The summed E-state index contributed by atoms with van der Waals surface area (Å²) in [5.74, 6) is 0.286. The smallest absolute Gasteiger partial charge is 0.299 e. The molecule has 0 saturated heterocycles. The SMILES string of the molecule is C.Nc1ccc(Nc2cc(Cl)c([N+](=O)[O-])cc2[N+](=O)[O-])cc1.Nc1ccc(Nc2cc(Nc3ccc(O)cc3)c([N+](=O)[O-])cc2[N+](=O)[O-])cc1.Nc1ccc(O)cc1. The van der Waals surface area contributed by atoms with Crippen LogP contribution in [0.15, 0.2) is 121 Å². The largest absolute Gasteiger partial charge is 0.508 e. The van der Waals surface area contributed by atoms with Crippen LogP contribution in [-0.2, 0) is 0 Å². The highest BCUT2D eigenvalue weighted by Crippen LogP contribution is 2.40. The molecule has 300 valence electrons. The Morgan fingerprint density at radius 3 is 1.00 bits per heavy atom. The van der Waals surface area contributed by atoms with E-state index in [1.54, 1.807) is 72.8 Å². The molecular formula is C37H35ClN10O10. The van der Waals surface area contributed by atoms with Crippen LogP contribution in [0.25, 0.3) is 0 Å². The molecule has 0 unspecified atom stereocenters. The van der Waals surface area contributed by atoms with Crippen molar-refractivity contribution in [3.63, 3.8) is 0 Å². The van der Waals surface area contributed by atoms with Gasteiger partial charge in [-0.15, -0.1) is 0 Å². The normalized spacial score (nSPS) is 9.88. The molecule has 6 aromatic rings. The van der Waals surface area contributed by atoms with Crippen LogP contribution in [0.2, 0.25) is 5.02 Å². The Bertz CT molecular complexity index is 2300. The molecule has 6 rings (SSSR count). The molecule has 58 heavy (non-hydrogen) atoms. The van der Waals surface area contributed by atoms with E-state index in [4.69, 9.17) is 33.9 Å². The van der Waals surface area contributed by atoms with Crippen molar-refractivity contribution in [1.82, 2.24) is 0 Å². The predicted octanol–water partition coefficient (Wildman–Crippen LogP) is 9.37. The van der Waals surface area contributed by atoms with Gasteiger partial charge in [0, 0.05) is 34.1 Å². The highest BCUT2D eigenvalue weighted by Gasteiger charge is 2.26. The molecule has 0 bridgehead atoms. The lowest BCUT2D eigenvalue weighted by atomic mass is 10.1. The van der Waals surface area contributed by atoms with Crippen molar-refractivity contribution >= 4 is 85.5 Å². The Kier molecular flexibility index (Phi) is 15.0. The number of anilines is 9. The number of phenols is 2. The quantitative estimate of drug-likeness (QED) is 0.0276. The maximum Gasteiger partial charge on any atom is 0.299 e. The number of nitrogens with two attached hydrogens (primary N) is 3. The number of phenolic OH excluding ortho intramolecular Hbond substituents is 2. The Morgan fingerprint density at radius 2 is 0.690 bits per heavy atom. The molecule has 21 heteroatoms. The number of halogens is 1. The number of aromatic hydroxyl groups is 2. The standard InChI is InChI=1S/C18H15N5O5.C12H9ClN4O4.C6H7NO.CH4/c19-11-1-3-12(4-2-11)20-15-9-16(21-13-5-7-14(24)8-6-13)18(23(27)28)10-17(15)22(25)26;13-9-5-10(15-8-3-1-7(14)2-4-8)12(17(20)21)6-11(9)16(18)19;7-5-1-3-6(8)4-2-5;/h1-10,20-21,24H,19H2;1-6,15H,14H2;1-4,8H,7H2;1H4. The second-order valence-corrected chi connectivity index (χ2v) is 11.9. The first kappa shape index (κ1) is 44.0. The number of nitro benzene ring substituents is 4. The average Bonchev–Trinajstić information content (AvgIpc) is 3.16. The minimum absolute atomic E-state index is 0. The third-order valence-electron chi connectivity index (χ3n) is 7.38. The van der Waals surface area contributed by atoms with Crippen molar-refractivity contribution in [3.8, 4) is 11.5 Å². The number of hydrogen-bond donors (Lipinski definition) is 8. The maximum atomic E-state index is 11.4. The molecule has 0 spiro atoms. The van der Waals surface area contributed by atoms with Crippen LogP contribution >= 0.6 is 11.6 Å². The molecule has 0 amide bonds. The van der Waals surface area contributed by atoms with Gasteiger partial charge < -0.3 is 43.4 Å². The summed E-state index contributed by atoms with van der Waals surface area (Å²) < 4.78 is 0. The molecule has 0 aliphatic rings. The fourth-order valence-electron chi connectivity index (χ4n) is 4.64. The lowest BCUT2D eigenvalue weighted by Gasteiger charge is -2.12. The number of hydrogen-bond acceptors (Lipinski definition) is 16. The van der Waals surface area contributed by atoms with E-state index in [-0.39, 0.29) is 41.0 Å². The van der Waals surface area contributed by atoms with Gasteiger partial charge in [0.1, 0.15) is 33.6 Å². The molecule has 20 nitrogen and oxygen atoms in total. The summed E-state index contributed by atoms with van der Waals surface area (Å²) in [4.78, 5) is 41.7. The zero-order chi connectivity index (χ0) is 41.8. The van der Waals surface area contributed by atoms with Gasteiger partial charge in [-0.25, -0.2) is 0 Å². The summed E-state index contributed by atoms with van der Waals surface area (Å²) in [5, 5.41) is 71.0. The van der Waals surface area contributed by atoms with Crippen LogP contribution < -0.4 is 33.2 Å². The van der Waals surface area contributed by atoms with Crippen molar-refractivity contribution < 1.29 is 29.9 Å². The fourth-order valence-corrected chi connectivity index (χ4v) is 4.87. The van der Waals surface area contributed by atoms with Crippen molar-refractivity contribution in [3.05, 3.63) is 167 Å². The lowest BCUT2D eigenvalue weighted by Crippen LogP contribution is -2.03. The lowest BCUT2D eigenvalue weighted by molar-refractivity contribution is -0.393. The molecular weight excluding hydrogens is 780 g/mol. The van der Waals surface area contributed by atoms with E-state index in [0.717, 1.165) is 18.2 Å². The predicted molar refractivity (Wildman–Crippen MR) is 223 cm³/mol. The van der Waals surface area contributed by atoms with Gasteiger partial charge >= 0.3 is 0 Å². The zero-order valence-corrected chi connectivity index (χ0v) is 29.9. The first-order valence-electron chi connectivity index (χ1n) is 16.0. The molecule has 0 heterocycles. The van der Waals surface area contributed by atoms with Gasteiger partial charge in [-0.05, 0) is 109 Å². The van der Waals surface area contributed by atoms with Gasteiger partial charge in [0.15, 0.2) is 0 Å². The van der Waals surface area contributed by atoms with Gasteiger partial charge in [-0.1, -0.05) is 19.0 Å². The molecule has 0 radical (unpaired) electrons. The van der Waals surface area contributed by atoms with E-state index in [1.807, 2.05) is 0 Å². The molecule has 0 aromatic heterocycles. The Labute approximate surface area is 333 Å². The van der Waals surface area contributed by atoms with E-state index in [2.05, 4.69) is 16.0 Å². The summed E-state index contributed by atoms with van der Waals surface area (Å²) in [6, 6.07) is 29.4. The first-order valence-corrected chi connectivity index (χ1v) is 16.3. The number of nitrogens with zero attached hydrogens (tertiary/aromatic N) is 4. The van der Waals surface area contributed by atoms with E-state index >= 15 is 0 Å². The molecule has 11 N–H and O–H groups in total. The second kappa shape index (κ2) is 19.8. The van der Waals surface area contributed by atoms with E-state index in [9.17, 15) is 45.6 Å². The van der Waals surface area contributed by atoms with Crippen LogP contribution in [0.5, 0.6) is 11.5 Å². The number of nitro groups is 4. The number of nitrogens with one attached hydrogen (secondary N) is 3. The Morgan fingerprint density at radius 1 is 0.431 bits per heavy atom. The summed E-state index contributed by atoms with van der Waals surface area (Å²) in [6.45, 7) is 0. The van der Waals surface area contributed by atoms with Gasteiger partial charge in [-0.3, -0.25) is 40.5 Å². The zero-order valence-electron chi connectivity index (χ0n) is 29.1. The molecule has 0 atom stereocenters. The average molecular weight is 815 g/mol. The molecule has 0 fully saturated rings. The maximum absolute atomic E-state index is 11.4. The van der Waals surface area contributed by atoms with Gasteiger partial charge in [0.2, 0.25) is 0 Å².